The standard InChI is InChI=1S/C18H22N4OS/c1-13(22-8-10-24-11-9-22)18(23)21-16-5-3-4-15(12-16)17-6-7-19-14(2)20-17/h3-7,12-13H,8-11H2,1-2H3,(H,21,23). The number of amides is 1. The van der Waals surface area contributed by atoms with Crippen LogP contribution in [0.25, 0.3) is 11.3 Å². The van der Waals surface area contributed by atoms with Gasteiger partial charge in [0.25, 0.3) is 0 Å². The van der Waals surface area contributed by atoms with Gasteiger partial charge in [-0.1, -0.05) is 12.1 Å². The number of thioether (sulfide) groups is 1. The van der Waals surface area contributed by atoms with Gasteiger partial charge in [-0.25, -0.2) is 9.97 Å². The number of aryl methyl sites for hydroxylation is 1. The van der Waals surface area contributed by atoms with Crippen molar-refractivity contribution in [2.45, 2.75) is 19.9 Å². The van der Waals surface area contributed by atoms with E-state index in [-0.39, 0.29) is 11.9 Å². The van der Waals surface area contributed by atoms with Crippen LogP contribution in [0.4, 0.5) is 5.69 Å². The number of carbonyl (C=O) groups excluding carboxylic acids is 1. The Balaban J connectivity index is 1.71. The van der Waals surface area contributed by atoms with E-state index in [1.54, 1.807) is 6.20 Å². The molecule has 1 fully saturated rings. The Morgan fingerprint density at radius 3 is 2.83 bits per heavy atom. The maximum absolute atomic E-state index is 12.5. The van der Waals surface area contributed by atoms with Gasteiger partial charge in [0.05, 0.1) is 11.7 Å². The number of anilines is 1. The zero-order valence-electron chi connectivity index (χ0n) is 14.0. The van der Waals surface area contributed by atoms with E-state index in [0.29, 0.717) is 0 Å². The summed E-state index contributed by atoms with van der Waals surface area (Å²) >= 11 is 1.95. The third-order valence-corrected chi connectivity index (χ3v) is 5.12. The van der Waals surface area contributed by atoms with Crippen LogP contribution in [0.3, 0.4) is 0 Å². The van der Waals surface area contributed by atoms with Crippen molar-refractivity contribution in [1.82, 2.24) is 14.9 Å². The number of hydrogen-bond donors (Lipinski definition) is 1. The van der Waals surface area contributed by atoms with Crippen LogP contribution in [-0.2, 0) is 4.79 Å². The van der Waals surface area contributed by atoms with Crippen molar-refractivity contribution in [3.63, 3.8) is 0 Å². The number of nitrogens with one attached hydrogen (secondary N) is 1. The van der Waals surface area contributed by atoms with E-state index >= 15 is 0 Å². The molecule has 1 unspecified atom stereocenters. The van der Waals surface area contributed by atoms with E-state index in [9.17, 15) is 4.79 Å². The topological polar surface area (TPSA) is 58.1 Å². The zero-order chi connectivity index (χ0) is 16.9. The maximum atomic E-state index is 12.5. The molecule has 0 aliphatic carbocycles. The number of hydrogen-bond acceptors (Lipinski definition) is 5. The van der Waals surface area contributed by atoms with Gasteiger partial charge in [-0.15, -0.1) is 0 Å². The molecule has 1 saturated heterocycles. The van der Waals surface area contributed by atoms with Crippen LogP contribution in [0.2, 0.25) is 0 Å². The van der Waals surface area contributed by atoms with Gasteiger partial charge in [0.2, 0.25) is 5.91 Å². The number of aromatic nitrogens is 2. The number of benzene rings is 1. The maximum Gasteiger partial charge on any atom is 0.241 e. The van der Waals surface area contributed by atoms with E-state index in [1.807, 2.05) is 55.9 Å². The van der Waals surface area contributed by atoms with Crippen LogP contribution in [0, 0.1) is 6.92 Å². The Labute approximate surface area is 146 Å². The molecule has 126 valence electrons. The highest BCUT2D eigenvalue weighted by Gasteiger charge is 2.23. The Kier molecular flexibility index (Phi) is 5.48. The lowest BCUT2D eigenvalue weighted by atomic mass is 10.1. The van der Waals surface area contributed by atoms with Crippen LogP contribution in [-0.4, -0.2) is 51.4 Å². The summed E-state index contributed by atoms with van der Waals surface area (Å²) in [5, 5.41) is 3.03. The van der Waals surface area contributed by atoms with Crippen LogP contribution < -0.4 is 5.32 Å². The normalized spacial score (nSPS) is 16.6. The van der Waals surface area contributed by atoms with Crippen molar-refractivity contribution in [2.75, 3.05) is 29.9 Å². The minimum atomic E-state index is -0.115. The van der Waals surface area contributed by atoms with Gasteiger partial charge in [-0.05, 0) is 32.0 Å². The Hall–Kier alpha value is -1.92. The fourth-order valence-corrected chi connectivity index (χ4v) is 3.68. The molecular weight excluding hydrogens is 320 g/mol. The molecule has 1 aromatic carbocycles. The first kappa shape index (κ1) is 16.9. The molecule has 1 N–H and O–H groups in total. The van der Waals surface area contributed by atoms with Crippen LogP contribution in [0.1, 0.15) is 12.7 Å². The summed E-state index contributed by atoms with van der Waals surface area (Å²) in [5.74, 6) is 2.97. The zero-order valence-corrected chi connectivity index (χ0v) is 14.8. The van der Waals surface area contributed by atoms with Gasteiger partial charge in [0.1, 0.15) is 5.82 Å². The monoisotopic (exact) mass is 342 g/mol. The highest BCUT2D eigenvalue weighted by Crippen LogP contribution is 2.21. The van der Waals surface area contributed by atoms with Gasteiger partial charge in [0.15, 0.2) is 0 Å². The second-order valence-corrected chi connectivity index (χ2v) is 7.11. The van der Waals surface area contributed by atoms with E-state index in [0.717, 1.165) is 47.4 Å². The van der Waals surface area contributed by atoms with E-state index in [1.165, 1.54) is 0 Å². The Bertz CT molecular complexity index is 716. The molecular formula is C18H22N4OS. The lowest BCUT2D eigenvalue weighted by molar-refractivity contribution is -0.120. The average Bonchev–Trinajstić information content (AvgIpc) is 2.62. The van der Waals surface area contributed by atoms with Gasteiger partial charge in [0, 0.05) is 42.0 Å². The second-order valence-electron chi connectivity index (χ2n) is 5.88. The number of nitrogens with zero attached hydrogens (tertiary/aromatic N) is 3. The van der Waals surface area contributed by atoms with Crippen LogP contribution in [0.5, 0.6) is 0 Å². The summed E-state index contributed by atoms with van der Waals surface area (Å²) in [7, 11) is 0. The molecule has 0 radical (unpaired) electrons. The summed E-state index contributed by atoms with van der Waals surface area (Å²) in [6, 6.07) is 9.55. The quantitative estimate of drug-likeness (QED) is 0.926. The minimum absolute atomic E-state index is 0.0397. The van der Waals surface area contributed by atoms with Crippen molar-refractivity contribution < 1.29 is 4.79 Å². The second kappa shape index (κ2) is 7.77. The van der Waals surface area contributed by atoms with Crippen molar-refractivity contribution >= 4 is 23.4 Å². The highest BCUT2D eigenvalue weighted by molar-refractivity contribution is 7.99. The lowest BCUT2D eigenvalue weighted by Crippen LogP contribution is -2.46. The smallest absolute Gasteiger partial charge is 0.241 e. The molecule has 1 amide bonds. The largest absolute Gasteiger partial charge is 0.325 e. The molecule has 6 heteroatoms. The van der Waals surface area contributed by atoms with Crippen molar-refractivity contribution in [2.24, 2.45) is 0 Å². The Morgan fingerprint density at radius 2 is 2.08 bits per heavy atom. The van der Waals surface area contributed by atoms with Crippen molar-refractivity contribution in [3.05, 3.63) is 42.4 Å². The van der Waals surface area contributed by atoms with Crippen molar-refractivity contribution in [1.29, 1.82) is 0 Å². The molecule has 0 bridgehead atoms. The highest BCUT2D eigenvalue weighted by atomic mass is 32.2. The fourth-order valence-electron chi connectivity index (χ4n) is 2.75. The van der Waals surface area contributed by atoms with E-state index in [2.05, 4.69) is 20.2 Å². The molecule has 1 aliphatic rings. The Morgan fingerprint density at radius 1 is 1.29 bits per heavy atom. The van der Waals surface area contributed by atoms with E-state index < -0.39 is 0 Å². The molecule has 2 aromatic rings. The third-order valence-electron chi connectivity index (χ3n) is 4.17. The summed E-state index contributed by atoms with van der Waals surface area (Å²) in [6.07, 6.45) is 1.75. The first-order valence-electron chi connectivity index (χ1n) is 8.16. The average molecular weight is 342 g/mol. The molecule has 0 saturated carbocycles. The molecule has 1 aliphatic heterocycles. The van der Waals surface area contributed by atoms with Crippen LogP contribution >= 0.6 is 11.8 Å². The van der Waals surface area contributed by atoms with Gasteiger partial charge in [-0.2, -0.15) is 11.8 Å². The molecule has 1 aromatic heterocycles. The number of rotatable bonds is 4. The summed E-state index contributed by atoms with van der Waals surface area (Å²) in [6.45, 7) is 5.79. The van der Waals surface area contributed by atoms with Gasteiger partial charge >= 0.3 is 0 Å². The lowest BCUT2D eigenvalue weighted by Gasteiger charge is -2.31. The predicted molar refractivity (Wildman–Crippen MR) is 99.2 cm³/mol. The molecule has 2 heterocycles. The molecule has 1 atom stereocenters. The van der Waals surface area contributed by atoms with Gasteiger partial charge in [-0.3, -0.25) is 9.69 Å². The first-order valence-corrected chi connectivity index (χ1v) is 9.32. The molecule has 3 rings (SSSR count). The van der Waals surface area contributed by atoms with Crippen molar-refractivity contribution in [3.8, 4) is 11.3 Å². The summed E-state index contributed by atoms with van der Waals surface area (Å²) in [4.78, 5) is 23.3. The summed E-state index contributed by atoms with van der Waals surface area (Å²) < 4.78 is 0. The SMILES string of the molecule is Cc1nccc(-c2cccc(NC(=O)C(C)N3CCSCC3)c2)n1. The molecule has 5 nitrogen and oxygen atoms in total. The molecule has 0 spiro atoms. The third kappa shape index (κ3) is 4.13. The predicted octanol–water partition coefficient (Wildman–Crippen LogP) is 2.83. The number of carbonyl (C=O) groups is 1. The van der Waals surface area contributed by atoms with Crippen LogP contribution in [0.15, 0.2) is 36.5 Å². The molecule has 24 heavy (non-hydrogen) atoms. The fraction of sp³-hybridized carbons (Fsp3) is 0.389. The summed E-state index contributed by atoms with van der Waals surface area (Å²) in [5.41, 5.74) is 2.63. The van der Waals surface area contributed by atoms with Gasteiger partial charge < -0.3 is 5.32 Å². The van der Waals surface area contributed by atoms with E-state index in [4.69, 9.17) is 0 Å². The minimum Gasteiger partial charge on any atom is -0.325 e. The first-order chi connectivity index (χ1) is 11.6.